The Morgan fingerprint density at radius 1 is 1.35 bits per heavy atom. The Balaban J connectivity index is 2.35. The molecule has 0 atom stereocenters. The molecule has 0 unspecified atom stereocenters. The molecular weight excluding hydrogens is 243 g/mol. The summed E-state index contributed by atoms with van der Waals surface area (Å²) in [5.74, 6) is -0.211. The van der Waals surface area contributed by atoms with E-state index in [4.69, 9.17) is 22.1 Å². The lowest BCUT2D eigenvalue weighted by Crippen LogP contribution is -2.00. The first kappa shape index (κ1) is 11.8. The van der Waals surface area contributed by atoms with Crippen molar-refractivity contribution in [2.75, 3.05) is 0 Å². The van der Waals surface area contributed by atoms with Crippen LogP contribution in [-0.2, 0) is 6.54 Å². The third-order valence-corrected chi connectivity index (χ3v) is 2.42. The van der Waals surface area contributed by atoms with Crippen LogP contribution >= 0.6 is 11.6 Å². The maximum absolute atomic E-state index is 13.4. The lowest BCUT2D eigenvalue weighted by Gasteiger charge is -2.09. The molecule has 0 fully saturated rings. The minimum atomic E-state index is -0.532. The van der Waals surface area contributed by atoms with Crippen molar-refractivity contribution in [1.29, 1.82) is 0 Å². The number of ether oxygens (including phenoxy) is 1. The van der Waals surface area contributed by atoms with E-state index in [-0.39, 0.29) is 12.4 Å². The van der Waals surface area contributed by atoms with Gasteiger partial charge in [-0.25, -0.2) is 9.37 Å². The van der Waals surface area contributed by atoms with E-state index in [2.05, 4.69) is 4.98 Å². The van der Waals surface area contributed by atoms with Crippen LogP contribution in [0.25, 0.3) is 0 Å². The van der Waals surface area contributed by atoms with Crippen LogP contribution in [0, 0.1) is 5.82 Å². The van der Waals surface area contributed by atoms with Crippen LogP contribution in [0.15, 0.2) is 36.5 Å². The Hall–Kier alpha value is -1.65. The molecule has 0 aliphatic carbocycles. The molecule has 1 heterocycles. The van der Waals surface area contributed by atoms with Gasteiger partial charge >= 0.3 is 0 Å². The van der Waals surface area contributed by atoms with E-state index in [1.807, 2.05) is 0 Å². The number of halogens is 2. The zero-order valence-electron chi connectivity index (χ0n) is 8.86. The molecular formula is C12H10ClFN2O. The number of pyridine rings is 1. The third kappa shape index (κ3) is 2.72. The molecule has 0 saturated carbocycles. The van der Waals surface area contributed by atoms with Crippen LogP contribution < -0.4 is 10.5 Å². The van der Waals surface area contributed by atoms with Gasteiger partial charge in [-0.1, -0.05) is 17.7 Å². The lowest BCUT2D eigenvalue weighted by molar-refractivity contribution is 0.419. The summed E-state index contributed by atoms with van der Waals surface area (Å²) >= 11 is 5.84. The number of rotatable bonds is 3. The summed E-state index contributed by atoms with van der Waals surface area (Å²) in [6.45, 7) is 0.279. The van der Waals surface area contributed by atoms with Crippen LogP contribution in [0.3, 0.4) is 0 Å². The van der Waals surface area contributed by atoms with Gasteiger partial charge in [0.25, 0.3) is 5.88 Å². The summed E-state index contributed by atoms with van der Waals surface area (Å²) < 4.78 is 18.7. The molecule has 1 aromatic heterocycles. The van der Waals surface area contributed by atoms with Gasteiger partial charge in [-0.3, -0.25) is 0 Å². The second-order valence-corrected chi connectivity index (χ2v) is 3.79. The van der Waals surface area contributed by atoms with Gasteiger partial charge < -0.3 is 10.5 Å². The van der Waals surface area contributed by atoms with Gasteiger partial charge in [-0.2, -0.15) is 0 Å². The van der Waals surface area contributed by atoms with E-state index in [0.717, 1.165) is 5.56 Å². The molecule has 17 heavy (non-hydrogen) atoms. The fourth-order valence-electron chi connectivity index (χ4n) is 1.34. The summed E-state index contributed by atoms with van der Waals surface area (Å²) in [7, 11) is 0. The van der Waals surface area contributed by atoms with E-state index >= 15 is 0 Å². The molecule has 0 radical (unpaired) electrons. The Morgan fingerprint density at radius 3 is 2.88 bits per heavy atom. The van der Waals surface area contributed by atoms with Crippen molar-refractivity contribution in [3.05, 3.63) is 52.9 Å². The van der Waals surface area contributed by atoms with E-state index in [0.29, 0.717) is 10.8 Å². The summed E-state index contributed by atoms with van der Waals surface area (Å²) in [5, 5.41) is 0.494. The highest BCUT2D eigenvalue weighted by atomic mass is 35.5. The average molecular weight is 253 g/mol. The van der Waals surface area contributed by atoms with Crippen LogP contribution in [-0.4, -0.2) is 4.98 Å². The van der Waals surface area contributed by atoms with Crippen LogP contribution in [0.2, 0.25) is 5.02 Å². The fourth-order valence-corrected chi connectivity index (χ4v) is 1.50. The van der Waals surface area contributed by atoms with Crippen molar-refractivity contribution in [3.8, 4) is 11.6 Å². The fraction of sp³-hybridized carbons (Fsp3) is 0.0833. The standard InChI is InChI=1S/C12H10ClFN2O/c13-9-4-3-8(7-15)11(6-9)17-12-10(14)2-1-5-16-12/h1-6H,7,15H2. The van der Waals surface area contributed by atoms with Crippen LogP contribution in [0.1, 0.15) is 5.56 Å². The molecule has 5 heteroatoms. The van der Waals surface area contributed by atoms with E-state index < -0.39 is 5.82 Å². The van der Waals surface area contributed by atoms with Gasteiger partial charge in [-0.05, 0) is 24.3 Å². The van der Waals surface area contributed by atoms with E-state index in [1.54, 1.807) is 18.2 Å². The number of nitrogens with two attached hydrogens (primary N) is 1. The number of nitrogens with zero attached hydrogens (tertiary/aromatic N) is 1. The largest absolute Gasteiger partial charge is 0.436 e. The molecule has 0 spiro atoms. The molecule has 0 bridgehead atoms. The molecule has 2 N–H and O–H groups in total. The molecule has 2 aromatic rings. The molecule has 0 aliphatic heterocycles. The minimum absolute atomic E-state index is 0.0931. The van der Waals surface area contributed by atoms with Gasteiger partial charge in [0, 0.05) is 23.3 Å². The SMILES string of the molecule is NCc1ccc(Cl)cc1Oc1ncccc1F. The predicted octanol–water partition coefficient (Wildman–Crippen LogP) is 3.13. The molecule has 3 nitrogen and oxygen atoms in total. The van der Waals surface area contributed by atoms with Crippen molar-refractivity contribution >= 4 is 11.6 Å². The Bertz CT molecular complexity index is 534. The van der Waals surface area contributed by atoms with Gasteiger partial charge in [0.05, 0.1) is 0 Å². The molecule has 1 aromatic carbocycles. The van der Waals surface area contributed by atoms with Crippen molar-refractivity contribution < 1.29 is 9.13 Å². The van der Waals surface area contributed by atoms with E-state index in [1.165, 1.54) is 18.3 Å². The van der Waals surface area contributed by atoms with Crippen molar-refractivity contribution in [3.63, 3.8) is 0 Å². The first-order chi connectivity index (χ1) is 8.20. The minimum Gasteiger partial charge on any atom is -0.436 e. The highest BCUT2D eigenvalue weighted by Crippen LogP contribution is 2.28. The Morgan fingerprint density at radius 2 is 2.18 bits per heavy atom. The zero-order valence-corrected chi connectivity index (χ0v) is 9.62. The smallest absolute Gasteiger partial charge is 0.255 e. The normalized spacial score (nSPS) is 10.3. The summed E-state index contributed by atoms with van der Waals surface area (Å²) in [6.07, 6.45) is 1.45. The second-order valence-electron chi connectivity index (χ2n) is 3.35. The molecule has 0 saturated heterocycles. The number of aromatic nitrogens is 1. The first-order valence-corrected chi connectivity index (χ1v) is 5.35. The monoisotopic (exact) mass is 252 g/mol. The predicted molar refractivity (Wildman–Crippen MR) is 63.6 cm³/mol. The summed E-state index contributed by atoms with van der Waals surface area (Å²) in [4.78, 5) is 3.80. The first-order valence-electron chi connectivity index (χ1n) is 4.97. The van der Waals surface area contributed by atoms with Crippen LogP contribution in [0.4, 0.5) is 4.39 Å². The Labute approximate surface area is 103 Å². The molecule has 88 valence electrons. The highest BCUT2D eigenvalue weighted by Gasteiger charge is 2.09. The van der Waals surface area contributed by atoms with Gasteiger partial charge in [0.2, 0.25) is 0 Å². The lowest BCUT2D eigenvalue weighted by atomic mass is 10.2. The van der Waals surface area contributed by atoms with Gasteiger partial charge in [0.1, 0.15) is 5.75 Å². The topological polar surface area (TPSA) is 48.1 Å². The van der Waals surface area contributed by atoms with E-state index in [9.17, 15) is 4.39 Å². The maximum atomic E-state index is 13.4. The summed E-state index contributed by atoms with van der Waals surface area (Å²) in [6, 6.07) is 7.78. The van der Waals surface area contributed by atoms with Crippen molar-refractivity contribution in [2.45, 2.75) is 6.54 Å². The van der Waals surface area contributed by atoms with Crippen LogP contribution in [0.5, 0.6) is 11.6 Å². The zero-order chi connectivity index (χ0) is 12.3. The van der Waals surface area contributed by atoms with Gasteiger partial charge in [0.15, 0.2) is 5.82 Å². The van der Waals surface area contributed by atoms with Crippen molar-refractivity contribution in [2.24, 2.45) is 5.73 Å². The third-order valence-electron chi connectivity index (χ3n) is 2.18. The summed E-state index contributed by atoms with van der Waals surface area (Å²) in [5.41, 5.74) is 6.29. The van der Waals surface area contributed by atoms with Crippen molar-refractivity contribution in [1.82, 2.24) is 4.98 Å². The average Bonchev–Trinajstić information content (AvgIpc) is 2.32. The number of benzene rings is 1. The maximum Gasteiger partial charge on any atom is 0.255 e. The Kier molecular flexibility index (Phi) is 3.56. The second kappa shape index (κ2) is 5.12. The number of hydrogen-bond donors (Lipinski definition) is 1. The number of hydrogen-bond acceptors (Lipinski definition) is 3. The highest BCUT2D eigenvalue weighted by molar-refractivity contribution is 6.30. The molecule has 2 rings (SSSR count). The van der Waals surface area contributed by atoms with Gasteiger partial charge in [-0.15, -0.1) is 0 Å². The molecule has 0 amide bonds. The molecule has 0 aliphatic rings. The quantitative estimate of drug-likeness (QED) is 0.913.